The number of sulfone groups is 1. The van der Waals surface area contributed by atoms with Gasteiger partial charge >= 0.3 is 5.97 Å². The van der Waals surface area contributed by atoms with Crippen molar-refractivity contribution >= 4 is 32.7 Å². The highest BCUT2D eigenvalue weighted by molar-refractivity contribution is 8.08. The molecular formula is C28H43N3O7S. The minimum atomic E-state index is -4.77. The van der Waals surface area contributed by atoms with Crippen LogP contribution in [0.25, 0.3) is 0 Å². The van der Waals surface area contributed by atoms with Gasteiger partial charge in [0, 0.05) is 12.0 Å². The largest absolute Gasteiger partial charge is 0.479 e. The van der Waals surface area contributed by atoms with E-state index in [1.165, 1.54) is 0 Å². The van der Waals surface area contributed by atoms with E-state index in [0.29, 0.717) is 17.4 Å². The van der Waals surface area contributed by atoms with Crippen LogP contribution < -0.4 is 11.1 Å². The number of carboxylic acids is 1. The first-order valence-electron chi connectivity index (χ1n) is 13.1. The Kier molecular flexibility index (Phi) is 12.5. The fraction of sp³-hybridized carbons (Fsp3) is 0.571. The van der Waals surface area contributed by atoms with Crippen LogP contribution in [0.4, 0.5) is 0 Å². The second-order valence-electron chi connectivity index (χ2n) is 11.1. The van der Waals surface area contributed by atoms with Crippen molar-refractivity contribution in [1.29, 1.82) is 0 Å². The Morgan fingerprint density at radius 2 is 1.54 bits per heavy atom. The third-order valence-corrected chi connectivity index (χ3v) is 7.46. The highest BCUT2D eigenvalue weighted by atomic mass is 32.2. The summed E-state index contributed by atoms with van der Waals surface area (Å²) in [6.07, 6.45) is -0.0311. The van der Waals surface area contributed by atoms with Crippen molar-refractivity contribution in [3.8, 4) is 0 Å². The number of nitrogens with zero attached hydrogens (tertiary/aromatic N) is 1. The second-order valence-corrected chi connectivity index (χ2v) is 12.9. The smallest absolute Gasteiger partial charge is 0.338 e. The Morgan fingerprint density at radius 3 is 1.97 bits per heavy atom. The molecule has 0 bridgehead atoms. The van der Waals surface area contributed by atoms with E-state index < -0.39 is 62.7 Å². The second kappa shape index (κ2) is 14.4. The molecule has 4 N–H and O–H groups in total. The van der Waals surface area contributed by atoms with Crippen LogP contribution in [0.5, 0.6) is 0 Å². The Labute approximate surface area is 231 Å². The van der Waals surface area contributed by atoms with E-state index >= 15 is 0 Å². The molecule has 0 aromatic heterocycles. The Bertz CT molecular complexity index is 1130. The standard InChI is InChI=1S/C28H43N3O7S/c1-8-39(37,38)27(36)28(26(34)35,16-20(6)7)31(17-21-12-10-9-11-13-21)25(33)23(15-19(4)5)30-24(32)22(29)14-18(2)3/h8-13,18-20,22-23H,1,14-17,29H2,2-7H3,(H,30,32)(H,34,35)/t22-,23-,28+/m0/s1. The van der Waals surface area contributed by atoms with Gasteiger partial charge in [-0.25, -0.2) is 13.2 Å². The number of nitrogens with two attached hydrogens (primary N) is 1. The van der Waals surface area contributed by atoms with E-state index in [0.717, 1.165) is 4.90 Å². The fourth-order valence-electron chi connectivity index (χ4n) is 4.44. The van der Waals surface area contributed by atoms with Crippen molar-refractivity contribution < 1.29 is 32.7 Å². The van der Waals surface area contributed by atoms with Gasteiger partial charge in [-0.05, 0) is 42.6 Å². The van der Waals surface area contributed by atoms with Crippen molar-refractivity contribution in [3.05, 3.63) is 47.9 Å². The lowest BCUT2D eigenvalue weighted by atomic mass is 9.86. The Morgan fingerprint density at radius 1 is 1.00 bits per heavy atom. The number of rotatable bonds is 15. The Hall–Kier alpha value is -3.05. The lowest BCUT2D eigenvalue weighted by Crippen LogP contribution is -2.67. The lowest BCUT2D eigenvalue weighted by molar-refractivity contribution is -0.165. The third kappa shape index (κ3) is 8.99. The molecule has 0 spiro atoms. The van der Waals surface area contributed by atoms with Gasteiger partial charge in [-0.3, -0.25) is 14.4 Å². The molecule has 10 nitrogen and oxygen atoms in total. The van der Waals surface area contributed by atoms with Crippen LogP contribution in [0.1, 0.15) is 66.4 Å². The number of carboxylic acid groups (broad SMARTS) is 1. The van der Waals surface area contributed by atoms with Crippen LogP contribution in [0.3, 0.4) is 0 Å². The van der Waals surface area contributed by atoms with Gasteiger partial charge in [-0.2, -0.15) is 0 Å². The van der Waals surface area contributed by atoms with Crippen LogP contribution in [-0.2, 0) is 35.6 Å². The van der Waals surface area contributed by atoms with Gasteiger partial charge in [0.25, 0.3) is 5.12 Å². The predicted molar refractivity (Wildman–Crippen MR) is 150 cm³/mol. The van der Waals surface area contributed by atoms with Crippen LogP contribution in [-0.4, -0.2) is 58.9 Å². The maximum absolute atomic E-state index is 14.3. The molecule has 1 rings (SSSR count). The van der Waals surface area contributed by atoms with Crippen molar-refractivity contribution in [2.75, 3.05) is 0 Å². The molecule has 0 saturated heterocycles. The molecule has 2 amide bonds. The molecule has 3 atom stereocenters. The third-order valence-electron chi connectivity index (χ3n) is 6.17. The first-order chi connectivity index (χ1) is 18.0. The van der Waals surface area contributed by atoms with E-state index in [-0.39, 0.29) is 24.8 Å². The molecule has 0 radical (unpaired) electrons. The molecule has 1 aromatic carbocycles. The molecule has 0 aliphatic carbocycles. The maximum atomic E-state index is 14.3. The number of carbonyl (C=O) groups is 4. The first kappa shape index (κ1) is 34.0. The van der Waals surface area contributed by atoms with Gasteiger partial charge in [0.1, 0.15) is 6.04 Å². The predicted octanol–water partition coefficient (Wildman–Crippen LogP) is 2.87. The van der Waals surface area contributed by atoms with Gasteiger partial charge in [0.2, 0.25) is 27.2 Å². The van der Waals surface area contributed by atoms with Gasteiger partial charge in [-0.1, -0.05) is 78.5 Å². The summed E-state index contributed by atoms with van der Waals surface area (Å²) >= 11 is 0. The zero-order chi connectivity index (χ0) is 30.1. The highest BCUT2D eigenvalue weighted by Crippen LogP contribution is 2.32. The topological polar surface area (TPSA) is 164 Å². The van der Waals surface area contributed by atoms with E-state index in [9.17, 15) is 32.7 Å². The van der Waals surface area contributed by atoms with Crippen LogP contribution in [0, 0.1) is 17.8 Å². The number of benzene rings is 1. The minimum Gasteiger partial charge on any atom is -0.479 e. The average molecular weight is 566 g/mol. The number of nitrogens with one attached hydrogen (secondary N) is 1. The van der Waals surface area contributed by atoms with Gasteiger partial charge in [-0.15, -0.1) is 0 Å². The van der Waals surface area contributed by atoms with Crippen LogP contribution in [0.15, 0.2) is 42.3 Å². The van der Waals surface area contributed by atoms with Crippen LogP contribution in [0.2, 0.25) is 0 Å². The summed E-state index contributed by atoms with van der Waals surface area (Å²) < 4.78 is 25.5. The quantitative estimate of drug-likeness (QED) is 0.273. The first-order valence-corrected chi connectivity index (χ1v) is 14.6. The van der Waals surface area contributed by atoms with E-state index in [2.05, 4.69) is 11.9 Å². The summed E-state index contributed by atoms with van der Waals surface area (Å²) in [6, 6.07) is 6.14. The molecule has 39 heavy (non-hydrogen) atoms. The Balaban J connectivity index is 3.87. The van der Waals surface area contributed by atoms with E-state index in [1.807, 2.05) is 27.7 Å². The molecule has 1 aromatic rings. The molecule has 0 heterocycles. The minimum absolute atomic E-state index is 0.101. The van der Waals surface area contributed by atoms with Crippen LogP contribution >= 0.6 is 0 Å². The fourth-order valence-corrected chi connectivity index (χ4v) is 5.34. The van der Waals surface area contributed by atoms with Crippen molar-refractivity contribution in [1.82, 2.24) is 10.2 Å². The van der Waals surface area contributed by atoms with E-state index in [4.69, 9.17) is 5.73 Å². The van der Waals surface area contributed by atoms with Gasteiger partial charge < -0.3 is 21.1 Å². The molecule has 0 fully saturated rings. The lowest BCUT2D eigenvalue weighted by Gasteiger charge is -2.41. The SMILES string of the molecule is C=CS(=O)(=O)C(=O)[C@@](CC(C)C)(C(=O)O)N(Cc1ccccc1)C(=O)[C@H](CC(C)C)NC(=O)[C@@H](N)CC(C)C. The summed E-state index contributed by atoms with van der Waals surface area (Å²) in [5.74, 6) is -3.82. The zero-order valence-corrected chi connectivity index (χ0v) is 24.5. The number of hydrogen-bond donors (Lipinski definition) is 3. The number of amides is 2. The summed E-state index contributed by atoms with van der Waals surface area (Å²) in [7, 11) is -4.77. The molecule has 0 aliphatic rings. The summed E-state index contributed by atoms with van der Waals surface area (Å²) in [5.41, 5.74) is 3.73. The summed E-state index contributed by atoms with van der Waals surface area (Å²) in [6.45, 7) is 13.4. The summed E-state index contributed by atoms with van der Waals surface area (Å²) in [4.78, 5) is 54.6. The van der Waals surface area contributed by atoms with Gasteiger partial charge in [0.05, 0.1) is 6.04 Å². The normalized spacial score (nSPS) is 14.9. The van der Waals surface area contributed by atoms with E-state index in [1.54, 1.807) is 44.2 Å². The van der Waals surface area contributed by atoms with Crippen molar-refractivity contribution in [2.24, 2.45) is 23.5 Å². The molecular weight excluding hydrogens is 522 g/mol. The molecule has 11 heteroatoms. The monoisotopic (exact) mass is 565 g/mol. The van der Waals surface area contributed by atoms with Crippen molar-refractivity contribution in [2.45, 2.75) is 85.0 Å². The summed E-state index contributed by atoms with van der Waals surface area (Å²) in [5, 5.41) is 11.9. The van der Waals surface area contributed by atoms with Gasteiger partial charge in [0.15, 0.2) is 0 Å². The zero-order valence-electron chi connectivity index (χ0n) is 23.7. The molecule has 218 valence electrons. The molecule has 0 saturated carbocycles. The maximum Gasteiger partial charge on any atom is 0.338 e. The van der Waals surface area contributed by atoms with Crippen molar-refractivity contribution in [3.63, 3.8) is 0 Å². The number of hydrogen-bond acceptors (Lipinski definition) is 7. The number of carbonyl (C=O) groups excluding carboxylic acids is 3. The average Bonchev–Trinajstić information content (AvgIpc) is 2.84. The highest BCUT2D eigenvalue weighted by Gasteiger charge is 2.58. The molecule has 0 unspecified atom stereocenters. The number of aliphatic carboxylic acids is 1. The molecule has 0 aliphatic heterocycles.